The summed E-state index contributed by atoms with van der Waals surface area (Å²) >= 11 is 1.37. The summed E-state index contributed by atoms with van der Waals surface area (Å²) in [7, 11) is 0. The number of likely N-dealkylation sites (tertiary alicyclic amines) is 1. The predicted molar refractivity (Wildman–Crippen MR) is 78.3 cm³/mol. The Hall–Kier alpha value is -1.49. The van der Waals surface area contributed by atoms with Gasteiger partial charge < -0.3 is 10.2 Å². The number of carbonyl (C=O) groups is 2. The molecule has 2 rings (SSSR count). The molecule has 2 amide bonds. The average molecular weight is 278 g/mol. The van der Waals surface area contributed by atoms with Crippen molar-refractivity contribution in [1.82, 2.24) is 4.90 Å². The second-order valence-corrected chi connectivity index (χ2v) is 5.63. The molecule has 1 saturated heterocycles. The van der Waals surface area contributed by atoms with E-state index in [9.17, 15) is 9.59 Å². The van der Waals surface area contributed by atoms with Crippen molar-refractivity contribution in [3.05, 3.63) is 29.8 Å². The van der Waals surface area contributed by atoms with Gasteiger partial charge >= 0.3 is 0 Å². The number of nitrogens with zero attached hydrogens (tertiary/aromatic N) is 1. The van der Waals surface area contributed by atoms with E-state index in [-0.39, 0.29) is 11.8 Å². The summed E-state index contributed by atoms with van der Waals surface area (Å²) in [5, 5.41) is 2.83. The normalized spacial score (nSPS) is 13.8. The molecule has 1 aromatic carbocycles. The Balaban J connectivity index is 1.68. The standard InChI is InChI=1S/C14H18N2O2S/c1-11-4-2-5-12(8-11)15-13(17)9-19-10-14(18)16-6-3-7-16/h2,4-5,8H,3,6-7,9-10H2,1H3,(H,15,17). The minimum atomic E-state index is -0.0630. The van der Waals surface area contributed by atoms with Crippen LogP contribution in [-0.4, -0.2) is 41.3 Å². The number of thioether (sulfide) groups is 1. The van der Waals surface area contributed by atoms with Crippen molar-refractivity contribution < 1.29 is 9.59 Å². The van der Waals surface area contributed by atoms with Crippen LogP contribution in [0.15, 0.2) is 24.3 Å². The van der Waals surface area contributed by atoms with Crippen LogP contribution in [0, 0.1) is 6.92 Å². The van der Waals surface area contributed by atoms with Gasteiger partial charge in [-0.25, -0.2) is 0 Å². The molecule has 1 N–H and O–H groups in total. The van der Waals surface area contributed by atoms with Crippen molar-refractivity contribution >= 4 is 29.3 Å². The molecule has 5 heteroatoms. The van der Waals surface area contributed by atoms with E-state index < -0.39 is 0 Å². The smallest absolute Gasteiger partial charge is 0.234 e. The van der Waals surface area contributed by atoms with Gasteiger partial charge in [-0.3, -0.25) is 9.59 Å². The highest BCUT2D eigenvalue weighted by atomic mass is 32.2. The maximum absolute atomic E-state index is 11.7. The molecule has 1 aromatic rings. The molecule has 0 unspecified atom stereocenters. The quantitative estimate of drug-likeness (QED) is 0.895. The number of anilines is 1. The minimum absolute atomic E-state index is 0.0630. The zero-order chi connectivity index (χ0) is 13.7. The van der Waals surface area contributed by atoms with E-state index in [0.717, 1.165) is 30.8 Å². The van der Waals surface area contributed by atoms with E-state index in [4.69, 9.17) is 0 Å². The highest BCUT2D eigenvalue weighted by Gasteiger charge is 2.19. The van der Waals surface area contributed by atoms with Crippen LogP contribution in [0.2, 0.25) is 0 Å². The summed E-state index contributed by atoms with van der Waals surface area (Å²) in [6.45, 7) is 3.72. The molecule has 0 radical (unpaired) electrons. The third kappa shape index (κ3) is 4.28. The van der Waals surface area contributed by atoms with Crippen molar-refractivity contribution in [2.45, 2.75) is 13.3 Å². The van der Waals surface area contributed by atoms with Crippen LogP contribution in [0.1, 0.15) is 12.0 Å². The maximum atomic E-state index is 11.7. The van der Waals surface area contributed by atoms with Crippen molar-refractivity contribution in [3.8, 4) is 0 Å². The van der Waals surface area contributed by atoms with E-state index in [1.807, 2.05) is 36.1 Å². The summed E-state index contributed by atoms with van der Waals surface area (Å²) in [4.78, 5) is 25.1. The van der Waals surface area contributed by atoms with Gasteiger partial charge in [0.25, 0.3) is 0 Å². The second-order valence-electron chi connectivity index (χ2n) is 4.64. The molecule has 0 spiro atoms. The fourth-order valence-electron chi connectivity index (χ4n) is 1.81. The molecule has 102 valence electrons. The third-order valence-corrected chi connectivity index (χ3v) is 3.89. The maximum Gasteiger partial charge on any atom is 0.234 e. The Morgan fingerprint density at radius 1 is 1.32 bits per heavy atom. The molecule has 19 heavy (non-hydrogen) atoms. The molecule has 0 bridgehead atoms. The largest absolute Gasteiger partial charge is 0.342 e. The SMILES string of the molecule is Cc1cccc(NC(=O)CSCC(=O)N2CCC2)c1. The molecule has 0 atom stereocenters. The number of nitrogens with one attached hydrogen (secondary N) is 1. The van der Waals surface area contributed by atoms with E-state index in [0.29, 0.717) is 11.5 Å². The Labute approximate surface area is 117 Å². The van der Waals surface area contributed by atoms with Crippen LogP contribution in [-0.2, 0) is 9.59 Å². The van der Waals surface area contributed by atoms with Crippen molar-refractivity contribution in [2.75, 3.05) is 29.9 Å². The molecule has 0 aromatic heterocycles. The van der Waals surface area contributed by atoms with E-state index >= 15 is 0 Å². The van der Waals surface area contributed by atoms with Gasteiger partial charge in [-0.1, -0.05) is 12.1 Å². The van der Waals surface area contributed by atoms with Gasteiger partial charge in [0, 0.05) is 18.8 Å². The summed E-state index contributed by atoms with van der Waals surface area (Å²) < 4.78 is 0. The predicted octanol–water partition coefficient (Wildman–Crippen LogP) is 1.90. The molecular formula is C14H18N2O2S. The van der Waals surface area contributed by atoms with Crippen LogP contribution in [0.5, 0.6) is 0 Å². The van der Waals surface area contributed by atoms with Gasteiger partial charge in [-0.05, 0) is 31.0 Å². The van der Waals surface area contributed by atoms with Crippen LogP contribution in [0.4, 0.5) is 5.69 Å². The Bertz CT molecular complexity index is 472. The molecule has 1 heterocycles. The van der Waals surface area contributed by atoms with Crippen LogP contribution >= 0.6 is 11.8 Å². The summed E-state index contributed by atoms with van der Waals surface area (Å²) in [6.07, 6.45) is 1.10. The number of benzene rings is 1. The van der Waals surface area contributed by atoms with Crippen LogP contribution < -0.4 is 5.32 Å². The number of rotatable bonds is 5. The lowest BCUT2D eigenvalue weighted by Gasteiger charge is -2.30. The molecule has 1 aliphatic rings. The second kappa shape index (κ2) is 6.61. The first kappa shape index (κ1) is 13.9. The highest BCUT2D eigenvalue weighted by Crippen LogP contribution is 2.12. The summed E-state index contributed by atoms with van der Waals surface area (Å²) in [5.41, 5.74) is 1.91. The molecule has 1 fully saturated rings. The van der Waals surface area contributed by atoms with Gasteiger partial charge in [0.2, 0.25) is 11.8 Å². The van der Waals surface area contributed by atoms with E-state index in [1.165, 1.54) is 11.8 Å². The number of carbonyl (C=O) groups excluding carboxylic acids is 2. The molecule has 4 nitrogen and oxygen atoms in total. The lowest BCUT2D eigenvalue weighted by molar-refractivity contribution is -0.131. The fourth-order valence-corrected chi connectivity index (χ4v) is 2.52. The average Bonchev–Trinajstić information content (AvgIpc) is 2.26. The zero-order valence-corrected chi connectivity index (χ0v) is 11.8. The van der Waals surface area contributed by atoms with Gasteiger partial charge in [0.1, 0.15) is 0 Å². The van der Waals surface area contributed by atoms with Crippen LogP contribution in [0.3, 0.4) is 0 Å². The van der Waals surface area contributed by atoms with Gasteiger partial charge in [-0.2, -0.15) is 0 Å². The minimum Gasteiger partial charge on any atom is -0.342 e. The fraction of sp³-hybridized carbons (Fsp3) is 0.429. The number of aryl methyl sites for hydroxylation is 1. The lowest BCUT2D eigenvalue weighted by Crippen LogP contribution is -2.43. The van der Waals surface area contributed by atoms with Gasteiger partial charge in [-0.15, -0.1) is 11.8 Å². The van der Waals surface area contributed by atoms with E-state index in [1.54, 1.807) is 0 Å². The van der Waals surface area contributed by atoms with Gasteiger partial charge in [0.15, 0.2) is 0 Å². The topological polar surface area (TPSA) is 49.4 Å². The first-order chi connectivity index (χ1) is 9.15. The number of amides is 2. The Morgan fingerprint density at radius 2 is 2.11 bits per heavy atom. The Kier molecular flexibility index (Phi) is 4.85. The first-order valence-electron chi connectivity index (χ1n) is 6.37. The zero-order valence-electron chi connectivity index (χ0n) is 11.0. The van der Waals surface area contributed by atoms with E-state index in [2.05, 4.69) is 5.32 Å². The first-order valence-corrected chi connectivity index (χ1v) is 7.52. The molecular weight excluding hydrogens is 260 g/mol. The Morgan fingerprint density at radius 3 is 2.74 bits per heavy atom. The lowest BCUT2D eigenvalue weighted by atomic mass is 10.2. The summed E-state index contributed by atoms with van der Waals surface area (Å²) in [6, 6.07) is 7.68. The molecule has 0 saturated carbocycles. The van der Waals surface area contributed by atoms with Crippen molar-refractivity contribution in [1.29, 1.82) is 0 Å². The monoisotopic (exact) mass is 278 g/mol. The third-order valence-electron chi connectivity index (χ3n) is 2.97. The number of hydrogen-bond donors (Lipinski definition) is 1. The van der Waals surface area contributed by atoms with Crippen molar-refractivity contribution in [2.24, 2.45) is 0 Å². The number of hydrogen-bond acceptors (Lipinski definition) is 3. The molecule has 1 aliphatic heterocycles. The van der Waals surface area contributed by atoms with Gasteiger partial charge in [0.05, 0.1) is 11.5 Å². The molecule has 0 aliphatic carbocycles. The van der Waals surface area contributed by atoms with Crippen LogP contribution in [0.25, 0.3) is 0 Å². The van der Waals surface area contributed by atoms with Crippen molar-refractivity contribution in [3.63, 3.8) is 0 Å². The highest BCUT2D eigenvalue weighted by molar-refractivity contribution is 8.00. The summed E-state index contributed by atoms with van der Waals surface area (Å²) in [5.74, 6) is 0.779.